The molecule has 1 amide bonds. The van der Waals surface area contributed by atoms with Crippen LogP contribution in [0.5, 0.6) is 11.5 Å². The Kier molecular flexibility index (Phi) is 5.93. The van der Waals surface area contributed by atoms with Crippen molar-refractivity contribution in [1.82, 2.24) is 4.90 Å². The Morgan fingerprint density at radius 1 is 1.21 bits per heavy atom. The summed E-state index contributed by atoms with van der Waals surface area (Å²) in [5, 5.41) is 20.5. The number of phenolic OH excluding ortho intramolecular Hbond substituents is 1. The second-order valence-electron chi connectivity index (χ2n) is 6.68. The number of hydrogen-bond donors (Lipinski definition) is 2. The normalized spacial score (nSPS) is 16.6. The molecule has 1 aliphatic rings. The minimum absolute atomic E-state index is 0.0336. The third-order valence-corrected chi connectivity index (χ3v) is 4.78. The maximum Gasteiger partial charge on any atom is 0.290 e. The summed E-state index contributed by atoms with van der Waals surface area (Å²) in [6.07, 6.45) is 0.516. The fourth-order valence-corrected chi connectivity index (χ4v) is 3.40. The SMILES string of the molecule is COCCCN1C(=O)C(O)=C(C(=O)c2ccc(C)o2)C1c1ccc(O)c(OC)c1. The van der Waals surface area contributed by atoms with Gasteiger partial charge in [0.1, 0.15) is 5.76 Å². The molecule has 29 heavy (non-hydrogen) atoms. The number of furan rings is 1. The first-order chi connectivity index (χ1) is 13.9. The van der Waals surface area contributed by atoms with Crippen LogP contribution in [0.25, 0.3) is 0 Å². The van der Waals surface area contributed by atoms with E-state index >= 15 is 0 Å². The average molecular weight is 401 g/mol. The van der Waals surface area contributed by atoms with E-state index in [1.54, 1.807) is 26.2 Å². The van der Waals surface area contributed by atoms with Gasteiger partial charge >= 0.3 is 0 Å². The Bertz CT molecular complexity index is 960. The lowest BCUT2D eigenvalue weighted by molar-refractivity contribution is -0.129. The molecule has 0 spiro atoms. The molecule has 1 aromatic heterocycles. The van der Waals surface area contributed by atoms with Crippen LogP contribution in [0.15, 0.2) is 46.1 Å². The van der Waals surface area contributed by atoms with Gasteiger partial charge < -0.3 is 29.0 Å². The Morgan fingerprint density at radius 3 is 2.59 bits per heavy atom. The average Bonchev–Trinajstić information content (AvgIpc) is 3.25. The van der Waals surface area contributed by atoms with Crippen LogP contribution in [-0.2, 0) is 9.53 Å². The molecule has 2 heterocycles. The van der Waals surface area contributed by atoms with Gasteiger partial charge in [-0.05, 0) is 43.2 Å². The highest BCUT2D eigenvalue weighted by Gasteiger charge is 2.44. The van der Waals surface area contributed by atoms with E-state index in [0.29, 0.717) is 24.4 Å². The summed E-state index contributed by atoms with van der Waals surface area (Å²) in [6, 6.07) is 6.82. The number of aromatic hydroxyl groups is 1. The van der Waals surface area contributed by atoms with Gasteiger partial charge in [-0.25, -0.2) is 0 Å². The molecule has 0 radical (unpaired) electrons. The first-order valence-electron chi connectivity index (χ1n) is 9.10. The first-order valence-corrected chi connectivity index (χ1v) is 9.10. The number of amides is 1. The number of Topliss-reactive ketones (excluding diaryl/α,β-unsaturated/α-hetero) is 1. The van der Waals surface area contributed by atoms with Crippen LogP contribution < -0.4 is 4.74 Å². The number of carbonyl (C=O) groups is 2. The number of methoxy groups -OCH3 is 2. The molecule has 2 N–H and O–H groups in total. The summed E-state index contributed by atoms with van der Waals surface area (Å²) in [4.78, 5) is 27.3. The zero-order chi connectivity index (χ0) is 21.1. The number of benzene rings is 1. The summed E-state index contributed by atoms with van der Waals surface area (Å²) >= 11 is 0. The molecule has 1 aromatic carbocycles. The molecular formula is C21H23NO7. The van der Waals surface area contributed by atoms with Crippen molar-refractivity contribution in [2.45, 2.75) is 19.4 Å². The molecule has 8 nitrogen and oxygen atoms in total. The van der Waals surface area contributed by atoms with Crippen molar-refractivity contribution in [3.8, 4) is 11.5 Å². The molecule has 0 bridgehead atoms. The zero-order valence-corrected chi connectivity index (χ0v) is 16.5. The number of phenols is 1. The highest BCUT2D eigenvalue weighted by Crippen LogP contribution is 2.41. The number of aliphatic hydroxyl groups excluding tert-OH is 1. The number of carbonyl (C=O) groups excluding carboxylic acids is 2. The summed E-state index contributed by atoms with van der Waals surface area (Å²) < 4.78 is 15.6. The van der Waals surface area contributed by atoms with E-state index in [4.69, 9.17) is 13.9 Å². The van der Waals surface area contributed by atoms with Gasteiger partial charge in [0, 0.05) is 20.3 Å². The smallest absolute Gasteiger partial charge is 0.290 e. The third kappa shape index (κ3) is 3.84. The fourth-order valence-electron chi connectivity index (χ4n) is 3.40. The van der Waals surface area contributed by atoms with Crippen LogP contribution in [0, 0.1) is 6.92 Å². The fraction of sp³-hybridized carbons (Fsp3) is 0.333. The largest absolute Gasteiger partial charge is 0.504 e. The standard InChI is InChI=1S/C21H23NO7/c1-12-5-8-15(29-12)19(24)17-18(13-6-7-14(23)16(11-13)28-3)22(9-4-10-27-2)21(26)20(17)25/h5-8,11,18,23,25H,4,9-10H2,1-3H3. The summed E-state index contributed by atoms with van der Waals surface area (Å²) in [6.45, 7) is 2.37. The summed E-state index contributed by atoms with van der Waals surface area (Å²) in [5.74, 6) is -1.14. The number of aliphatic hydroxyl groups is 1. The predicted molar refractivity (Wildman–Crippen MR) is 103 cm³/mol. The van der Waals surface area contributed by atoms with Crippen LogP contribution >= 0.6 is 0 Å². The van der Waals surface area contributed by atoms with Crippen LogP contribution in [0.4, 0.5) is 0 Å². The molecule has 1 atom stereocenters. The molecule has 3 rings (SSSR count). The van der Waals surface area contributed by atoms with E-state index in [-0.39, 0.29) is 29.4 Å². The van der Waals surface area contributed by atoms with Gasteiger partial charge in [-0.15, -0.1) is 0 Å². The van der Waals surface area contributed by atoms with E-state index < -0.39 is 23.5 Å². The first kappa shape index (κ1) is 20.5. The second kappa shape index (κ2) is 8.40. The van der Waals surface area contributed by atoms with Crippen molar-refractivity contribution in [2.24, 2.45) is 0 Å². The number of nitrogens with zero attached hydrogens (tertiary/aromatic N) is 1. The Balaban J connectivity index is 2.07. The number of aryl methyl sites for hydroxylation is 1. The van der Waals surface area contributed by atoms with Crippen LogP contribution in [0.2, 0.25) is 0 Å². The molecular weight excluding hydrogens is 378 g/mol. The van der Waals surface area contributed by atoms with Crippen LogP contribution in [-0.4, -0.2) is 54.2 Å². The minimum atomic E-state index is -0.855. The van der Waals surface area contributed by atoms with Crippen molar-refractivity contribution in [2.75, 3.05) is 27.4 Å². The van der Waals surface area contributed by atoms with Crippen LogP contribution in [0.1, 0.15) is 34.3 Å². The Hall–Kier alpha value is -3.26. The maximum absolute atomic E-state index is 13.1. The number of ketones is 1. The van der Waals surface area contributed by atoms with Crippen molar-refractivity contribution in [1.29, 1.82) is 0 Å². The van der Waals surface area contributed by atoms with E-state index in [2.05, 4.69) is 0 Å². The topological polar surface area (TPSA) is 109 Å². The number of rotatable bonds is 8. The molecule has 0 aliphatic carbocycles. The van der Waals surface area contributed by atoms with Gasteiger partial charge in [-0.1, -0.05) is 6.07 Å². The quantitative estimate of drug-likeness (QED) is 0.517. The number of hydrogen-bond acceptors (Lipinski definition) is 7. The van der Waals surface area contributed by atoms with Gasteiger partial charge in [0.05, 0.1) is 18.7 Å². The van der Waals surface area contributed by atoms with Gasteiger partial charge in [0.25, 0.3) is 5.91 Å². The molecule has 154 valence electrons. The van der Waals surface area contributed by atoms with Gasteiger partial charge in [0.2, 0.25) is 5.78 Å². The van der Waals surface area contributed by atoms with Gasteiger partial charge in [0.15, 0.2) is 23.0 Å². The Morgan fingerprint density at radius 2 is 1.97 bits per heavy atom. The monoisotopic (exact) mass is 401 g/mol. The van der Waals surface area contributed by atoms with Crippen molar-refractivity contribution < 1.29 is 33.7 Å². The molecule has 0 fully saturated rings. The molecule has 1 unspecified atom stereocenters. The highest BCUT2D eigenvalue weighted by atomic mass is 16.5. The summed E-state index contributed by atoms with van der Waals surface area (Å²) in [7, 11) is 2.96. The highest BCUT2D eigenvalue weighted by molar-refractivity contribution is 6.15. The van der Waals surface area contributed by atoms with E-state index in [1.807, 2.05) is 0 Å². The van der Waals surface area contributed by atoms with Gasteiger partial charge in [-0.3, -0.25) is 9.59 Å². The van der Waals surface area contributed by atoms with E-state index in [9.17, 15) is 19.8 Å². The molecule has 1 aliphatic heterocycles. The summed E-state index contributed by atoms with van der Waals surface area (Å²) in [5.41, 5.74) is 0.440. The minimum Gasteiger partial charge on any atom is -0.504 e. The van der Waals surface area contributed by atoms with E-state index in [1.165, 1.54) is 30.2 Å². The van der Waals surface area contributed by atoms with Crippen molar-refractivity contribution in [3.63, 3.8) is 0 Å². The second-order valence-corrected chi connectivity index (χ2v) is 6.68. The van der Waals surface area contributed by atoms with E-state index in [0.717, 1.165) is 0 Å². The lowest BCUT2D eigenvalue weighted by Gasteiger charge is -2.27. The number of ether oxygens (including phenoxy) is 2. The van der Waals surface area contributed by atoms with Crippen LogP contribution in [0.3, 0.4) is 0 Å². The maximum atomic E-state index is 13.1. The third-order valence-electron chi connectivity index (χ3n) is 4.78. The molecule has 2 aromatic rings. The van der Waals surface area contributed by atoms with Crippen molar-refractivity contribution in [3.05, 3.63) is 58.7 Å². The lowest BCUT2D eigenvalue weighted by Crippen LogP contribution is -2.32. The van der Waals surface area contributed by atoms with Gasteiger partial charge in [-0.2, -0.15) is 0 Å². The Labute approximate surface area is 168 Å². The molecule has 0 saturated heterocycles. The lowest BCUT2D eigenvalue weighted by atomic mass is 9.94. The predicted octanol–water partition coefficient (Wildman–Crippen LogP) is 2.92. The zero-order valence-electron chi connectivity index (χ0n) is 16.5. The molecule has 8 heteroatoms. The molecule has 0 saturated carbocycles. The van der Waals surface area contributed by atoms with Crippen molar-refractivity contribution >= 4 is 11.7 Å².